The number of hydrogen-bond donors (Lipinski definition) is 1. The summed E-state index contributed by atoms with van der Waals surface area (Å²) in [4.78, 5) is 15.0. The molecule has 1 N–H and O–H groups in total. The summed E-state index contributed by atoms with van der Waals surface area (Å²) in [5.41, 5.74) is 3.84. The van der Waals surface area contributed by atoms with Crippen LogP contribution in [0.1, 0.15) is 83.3 Å². The first-order valence-electron chi connectivity index (χ1n) is 10.7. The maximum atomic E-state index is 12.6. The summed E-state index contributed by atoms with van der Waals surface area (Å²) in [6.07, 6.45) is 8.42. The van der Waals surface area contributed by atoms with Crippen molar-refractivity contribution in [2.75, 3.05) is 11.4 Å². The van der Waals surface area contributed by atoms with Crippen molar-refractivity contribution in [2.45, 2.75) is 83.7 Å². The number of amides is 1. The van der Waals surface area contributed by atoms with Crippen molar-refractivity contribution in [1.29, 1.82) is 5.26 Å². The fourth-order valence-corrected chi connectivity index (χ4v) is 5.02. The number of nitrogens with zero attached hydrogens (tertiary/aromatic N) is 2. The number of nitriles is 1. The average Bonchev–Trinajstić information content (AvgIpc) is 2.66. The van der Waals surface area contributed by atoms with E-state index in [1.54, 1.807) is 6.08 Å². The lowest BCUT2D eigenvalue weighted by molar-refractivity contribution is -0.117. The molecule has 1 amide bonds. The van der Waals surface area contributed by atoms with Crippen molar-refractivity contribution in [2.24, 2.45) is 0 Å². The van der Waals surface area contributed by atoms with Gasteiger partial charge in [0.05, 0.1) is 0 Å². The Morgan fingerprint density at radius 2 is 2.04 bits per heavy atom. The number of carbonyl (C=O) groups excluding carboxylic acids is 1. The van der Waals surface area contributed by atoms with Crippen LogP contribution in [-0.4, -0.2) is 24.0 Å². The van der Waals surface area contributed by atoms with Gasteiger partial charge in [0.25, 0.3) is 5.91 Å². The zero-order valence-corrected chi connectivity index (χ0v) is 17.7. The van der Waals surface area contributed by atoms with Crippen molar-refractivity contribution in [3.8, 4) is 6.07 Å². The lowest BCUT2D eigenvalue weighted by Crippen LogP contribution is -2.48. The Balaban J connectivity index is 1.84. The molecule has 0 bridgehead atoms. The van der Waals surface area contributed by atoms with Crippen LogP contribution in [0, 0.1) is 11.3 Å². The van der Waals surface area contributed by atoms with Crippen molar-refractivity contribution in [3.63, 3.8) is 0 Å². The van der Waals surface area contributed by atoms with Gasteiger partial charge in [-0.3, -0.25) is 4.79 Å². The summed E-state index contributed by atoms with van der Waals surface area (Å²) < 4.78 is 0. The molecule has 150 valence electrons. The van der Waals surface area contributed by atoms with Gasteiger partial charge in [-0.05, 0) is 75.3 Å². The molecule has 0 spiro atoms. The molecule has 1 saturated carbocycles. The zero-order valence-electron chi connectivity index (χ0n) is 17.7. The lowest BCUT2D eigenvalue weighted by Gasteiger charge is -2.47. The molecule has 1 unspecified atom stereocenters. The smallest absolute Gasteiger partial charge is 0.262 e. The van der Waals surface area contributed by atoms with Crippen LogP contribution in [0.2, 0.25) is 0 Å². The highest BCUT2D eigenvalue weighted by atomic mass is 16.1. The molecule has 1 heterocycles. The van der Waals surface area contributed by atoms with Gasteiger partial charge in [-0.15, -0.1) is 0 Å². The SMILES string of the molecule is CCN1c2ccc(/C=C(/C#N)C(=O)NC3CCCCC3)cc2C(C)CC1(C)C. The Kier molecular flexibility index (Phi) is 6.13. The first kappa shape index (κ1) is 20.5. The molecule has 1 aromatic rings. The molecule has 1 fully saturated rings. The second kappa shape index (κ2) is 8.39. The molecule has 28 heavy (non-hydrogen) atoms. The van der Waals surface area contributed by atoms with Crippen molar-refractivity contribution >= 4 is 17.7 Å². The molecule has 1 aliphatic heterocycles. The summed E-state index contributed by atoms with van der Waals surface area (Å²) in [5, 5.41) is 12.6. The Morgan fingerprint density at radius 1 is 1.32 bits per heavy atom. The van der Waals surface area contributed by atoms with Gasteiger partial charge in [0, 0.05) is 23.8 Å². The van der Waals surface area contributed by atoms with E-state index in [4.69, 9.17) is 0 Å². The Bertz CT molecular complexity index is 797. The van der Waals surface area contributed by atoms with E-state index < -0.39 is 0 Å². The molecule has 2 aliphatic rings. The van der Waals surface area contributed by atoms with Crippen LogP contribution in [0.15, 0.2) is 23.8 Å². The number of nitrogens with one attached hydrogen (secondary N) is 1. The number of rotatable bonds is 4. The van der Waals surface area contributed by atoms with E-state index in [2.05, 4.69) is 56.1 Å². The summed E-state index contributed by atoms with van der Waals surface area (Å²) in [6.45, 7) is 10.0. The van der Waals surface area contributed by atoms with E-state index in [1.807, 2.05) is 6.07 Å². The van der Waals surface area contributed by atoms with Gasteiger partial charge in [-0.2, -0.15) is 5.26 Å². The van der Waals surface area contributed by atoms with Gasteiger partial charge < -0.3 is 10.2 Å². The van der Waals surface area contributed by atoms with Crippen LogP contribution in [0.4, 0.5) is 5.69 Å². The molecule has 4 heteroatoms. The number of anilines is 1. The van der Waals surface area contributed by atoms with Crippen molar-refractivity contribution in [3.05, 3.63) is 34.9 Å². The minimum absolute atomic E-state index is 0.135. The second-order valence-corrected chi connectivity index (χ2v) is 8.96. The summed E-state index contributed by atoms with van der Waals surface area (Å²) in [7, 11) is 0. The predicted octanol–water partition coefficient (Wildman–Crippen LogP) is 5.15. The maximum Gasteiger partial charge on any atom is 0.262 e. The van der Waals surface area contributed by atoms with E-state index in [1.165, 1.54) is 17.7 Å². The second-order valence-electron chi connectivity index (χ2n) is 8.96. The van der Waals surface area contributed by atoms with Crippen LogP contribution >= 0.6 is 0 Å². The quantitative estimate of drug-likeness (QED) is 0.581. The number of benzene rings is 1. The molecule has 0 saturated heterocycles. The molecule has 3 rings (SSSR count). The zero-order chi connectivity index (χ0) is 20.3. The lowest BCUT2D eigenvalue weighted by atomic mass is 9.79. The summed E-state index contributed by atoms with van der Waals surface area (Å²) >= 11 is 0. The number of carbonyl (C=O) groups is 1. The normalized spacial score (nSPS) is 22.3. The predicted molar refractivity (Wildman–Crippen MR) is 115 cm³/mol. The minimum Gasteiger partial charge on any atom is -0.366 e. The van der Waals surface area contributed by atoms with Crippen molar-refractivity contribution in [1.82, 2.24) is 5.32 Å². The van der Waals surface area contributed by atoms with E-state index >= 15 is 0 Å². The third-order valence-electron chi connectivity index (χ3n) is 6.34. The molecule has 1 aliphatic carbocycles. The summed E-state index contributed by atoms with van der Waals surface area (Å²) in [6, 6.07) is 8.65. The maximum absolute atomic E-state index is 12.6. The number of hydrogen-bond acceptors (Lipinski definition) is 3. The van der Waals surface area contributed by atoms with Gasteiger partial charge in [0.1, 0.15) is 11.6 Å². The molecule has 0 radical (unpaired) electrons. The molecule has 0 aromatic heterocycles. The standard InChI is InChI=1S/C24H33N3O/c1-5-27-22-12-11-18(14-21(22)17(2)15-24(27,3)4)13-19(16-25)23(28)26-20-9-7-6-8-10-20/h11-14,17,20H,5-10,15H2,1-4H3,(H,26,28)/b19-13-. The Labute approximate surface area is 169 Å². The first-order chi connectivity index (χ1) is 13.4. The van der Waals surface area contributed by atoms with Gasteiger partial charge in [0.15, 0.2) is 0 Å². The van der Waals surface area contributed by atoms with Gasteiger partial charge in [-0.1, -0.05) is 32.3 Å². The Morgan fingerprint density at radius 3 is 2.68 bits per heavy atom. The summed E-state index contributed by atoms with van der Waals surface area (Å²) in [5.74, 6) is 0.208. The highest BCUT2D eigenvalue weighted by molar-refractivity contribution is 6.01. The van der Waals surface area contributed by atoms with Gasteiger partial charge >= 0.3 is 0 Å². The first-order valence-corrected chi connectivity index (χ1v) is 10.7. The monoisotopic (exact) mass is 379 g/mol. The molecule has 1 atom stereocenters. The molecular weight excluding hydrogens is 346 g/mol. The van der Waals surface area contributed by atoms with Crippen LogP contribution in [0.25, 0.3) is 6.08 Å². The van der Waals surface area contributed by atoms with E-state index in [0.29, 0.717) is 5.92 Å². The minimum atomic E-state index is -0.239. The fraction of sp³-hybridized carbons (Fsp3) is 0.583. The molecule has 4 nitrogen and oxygen atoms in total. The van der Waals surface area contributed by atoms with Gasteiger partial charge in [-0.25, -0.2) is 0 Å². The van der Waals surface area contributed by atoms with Gasteiger partial charge in [0.2, 0.25) is 0 Å². The highest BCUT2D eigenvalue weighted by Crippen LogP contribution is 2.43. The largest absolute Gasteiger partial charge is 0.366 e. The topological polar surface area (TPSA) is 56.1 Å². The fourth-order valence-electron chi connectivity index (χ4n) is 5.02. The number of fused-ring (bicyclic) bond motifs is 1. The van der Waals surface area contributed by atoms with E-state index in [9.17, 15) is 10.1 Å². The van der Waals surface area contributed by atoms with E-state index in [0.717, 1.165) is 44.2 Å². The third-order valence-corrected chi connectivity index (χ3v) is 6.34. The van der Waals surface area contributed by atoms with E-state index in [-0.39, 0.29) is 23.1 Å². The van der Waals surface area contributed by atoms with Crippen LogP contribution < -0.4 is 10.2 Å². The highest BCUT2D eigenvalue weighted by Gasteiger charge is 2.35. The van der Waals surface area contributed by atoms with Crippen LogP contribution in [0.3, 0.4) is 0 Å². The van der Waals surface area contributed by atoms with Crippen molar-refractivity contribution < 1.29 is 4.79 Å². The average molecular weight is 380 g/mol. The van der Waals surface area contributed by atoms with Crippen LogP contribution in [-0.2, 0) is 4.79 Å². The van der Waals surface area contributed by atoms with Crippen LogP contribution in [0.5, 0.6) is 0 Å². The third kappa shape index (κ3) is 4.24. The molecular formula is C24H33N3O. The Hall–Kier alpha value is -2.28. The molecule has 1 aromatic carbocycles.